The number of nitrogens with zero attached hydrogens (tertiary/aromatic N) is 1. The molecule has 0 N–H and O–H groups in total. The molecule has 3 nitrogen and oxygen atoms in total. The summed E-state index contributed by atoms with van der Waals surface area (Å²) in [5, 5.41) is 1.30. The summed E-state index contributed by atoms with van der Waals surface area (Å²) in [5.74, 6) is 0. The van der Waals surface area contributed by atoms with Crippen LogP contribution in [0.3, 0.4) is 0 Å². The molecule has 0 unspecified atom stereocenters. The summed E-state index contributed by atoms with van der Waals surface area (Å²) < 4.78 is 27.7. The highest BCUT2D eigenvalue weighted by molar-refractivity contribution is 9.10. The molecule has 0 saturated carbocycles. The van der Waals surface area contributed by atoms with Gasteiger partial charge < -0.3 is 0 Å². The Morgan fingerprint density at radius 2 is 1.76 bits per heavy atom. The van der Waals surface area contributed by atoms with Crippen molar-refractivity contribution in [2.45, 2.75) is 11.8 Å². The summed E-state index contributed by atoms with van der Waals surface area (Å²) in [6.45, 7) is 1.77. The van der Waals surface area contributed by atoms with Crippen LogP contribution in [0.15, 0.2) is 57.9 Å². The lowest BCUT2D eigenvalue weighted by molar-refractivity contribution is 0.588. The third-order valence-electron chi connectivity index (χ3n) is 3.25. The predicted molar refractivity (Wildman–Crippen MR) is 88.4 cm³/mol. The molecule has 108 valence electrons. The zero-order valence-corrected chi connectivity index (χ0v) is 14.2. The van der Waals surface area contributed by atoms with Gasteiger partial charge in [0.2, 0.25) is 0 Å². The molecule has 1 heterocycles. The molecule has 0 fully saturated rings. The summed E-state index contributed by atoms with van der Waals surface area (Å²) in [6, 6.07) is 13.7. The van der Waals surface area contributed by atoms with E-state index >= 15 is 0 Å². The average molecular weight is 385 g/mol. The average Bonchev–Trinajstić information content (AvgIpc) is 2.76. The number of aromatic nitrogens is 1. The SMILES string of the molecule is Cc1cc2cc(Br)c(Cl)cc2n1S(=O)(=O)c1ccccc1. The summed E-state index contributed by atoms with van der Waals surface area (Å²) in [5.41, 5.74) is 1.22. The van der Waals surface area contributed by atoms with Crippen molar-refractivity contribution in [2.75, 3.05) is 0 Å². The van der Waals surface area contributed by atoms with Crippen molar-refractivity contribution >= 4 is 48.5 Å². The molecule has 0 radical (unpaired) electrons. The van der Waals surface area contributed by atoms with E-state index in [1.54, 1.807) is 43.3 Å². The highest BCUT2D eigenvalue weighted by Crippen LogP contribution is 2.32. The van der Waals surface area contributed by atoms with Crippen molar-refractivity contribution in [1.29, 1.82) is 0 Å². The first-order valence-electron chi connectivity index (χ1n) is 6.19. The van der Waals surface area contributed by atoms with Crippen LogP contribution in [-0.2, 0) is 10.0 Å². The Balaban J connectivity index is 2.35. The number of halogens is 2. The Bertz CT molecular complexity index is 933. The van der Waals surface area contributed by atoms with Crippen molar-refractivity contribution in [1.82, 2.24) is 3.97 Å². The summed E-state index contributed by atoms with van der Waals surface area (Å²) in [7, 11) is -3.64. The van der Waals surface area contributed by atoms with Gasteiger partial charge in [-0.2, -0.15) is 0 Å². The number of rotatable bonds is 2. The van der Waals surface area contributed by atoms with Crippen LogP contribution in [0.5, 0.6) is 0 Å². The fourth-order valence-corrected chi connectivity index (χ4v) is 4.41. The number of hydrogen-bond donors (Lipinski definition) is 0. The second-order valence-corrected chi connectivity index (χ2v) is 7.74. The minimum Gasteiger partial charge on any atom is -0.238 e. The van der Waals surface area contributed by atoms with Gasteiger partial charge in [-0.3, -0.25) is 0 Å². The lowest BCUT2D eigenvalue weighted by Gasteiger charge is -2.10. The molecule has 0 bridgehead atoms. The standard InChI is InChI=1S/C15H11BrClNO2S/c1-10-7-11-8-13(16)14(17)9-15(11)18(10)21(19,20)12-5-3-2-4-6-12/h2-9H,1H3. The van der Waals surface area contributed by atoms with Gasteiger partial charge >= 0.3 is 0 Å². The maximum Gasteiger partial charge on any atom is 0.268 e. The van der Waals surface area contributed by atoms with E-state index in [-0.39, 0.29) is 4.90 Å². The fourth-order valence-electron chi connectivity index (χ4n) is 2.33. The minimum absolute atomic E-state index is 0.254. The molecule has 3 aromatic rings. The molecule has 6 heteroatoms. The lowest BCUT2D eigenvalue weighted by Crippen LogP contribution is -2.14. The molecule has 1 aromatic heterocycles. The van der Waals surface area contributed by atoms with E-state index in [9.17, 15) is 8.42 Å². The number of hydrogen-bond acceptors (Lipinski definition) is 2. The Labute approximate surface area is 136 Å². The monoisotopic (exact) mass is 383 g/mol. The number of benzene rings is 2. The van der Waals surface area contributed by atoms with Crippen molar-refractivity contribution in [3.05, 3.63) is 63.7 Å². The Morgan fingerprint density at radius 1 is 1.10 bits per heavy atom. The van der Waals surface area contributed by atoms with Gasteiger partial charge in [0, 0.05) is 15.6 Å². The highest BCUT2D eigenvalue weighted by atomic mass is 79.9. The van der Waals surface area contributed by atoms with Crippen LogP contribution < -0.4 is 0 Å². The van der Waals surface area contributed by atoms with E-state index in [2.05, 4.69) is 15.9 Å². The zero-order valence-electron chi connectivity index (χ0n) is 11.0. The van der Waals surface area contributed by atoms with E-state index in [1.165, 1.54) is 3.97 Å². The molecule has 0 aliphatic heterocycles. The molecule has 0 spiro atoms. The lowest BCUT2D eigenvalue weighted by atomic mass is 10.2. The molecule has 0 saturated heterocycles. The van der Waals surface area contributed by atoms with Crippen molar-refractivity contribution in [2.24, 2.45) is 0 Å². The predicted octanol–water partition coefficient (Wildman–Crippen LogP) is 4.60. The maximum absolute atomic E-state index is 12.8. The van der Waals surface area contributed by atoms with Crippen LogP contribution in [0, 0.1) is 6.92 Å². The molecule has 0 atom stereocenters. The first-order valence-corrected chi connectivity index (χ1v) is 8.80. The molecule has 0 amide bonds. The van der Waals surface area contributed by atoms with Gasteiger partial charge in [-0.15, -0.1) is 0 Å². The molecular formula is C15H11BrClNO2S. The third-order valence-corrected chi connectivity index (χ3v) is 6.28. The molecule has 21 heavy (non-hydrogen) atoms. The maximum atomic E-state index is 12.8. The fraction of sp³-hybridized carbons (Fsp3) is 0.0667. The molecule has 3 rings (SSSR count). The van der Waals surface area contributed by atoms with Gasteiger partial charge in [0.25, 0.3) is 10.0 Å². The minimum atomic E-state index is -3.64. The third kappa shape index (κ3) is 2.39. The van der Waals surface area contributed by atoms with Gasteiger partial charge in [0.15, 0.2) is 0 Å². The molecule has 0 aliphatic rings. The zero-order chi connectivity index (χ0) is 15.2. The van der Waals surface area contributed by atoms with Crippen LogP contribution in [0.4, 0.5) is 0 Å². The van der Waals surface area contributed by atoms with Crippen molar-refractivity contribution in [3.8, 4) is 0 Å². The molecular weight excluding hydrogens is 374 g/mol. The molecule has 2 aromatic carbocycles. The van der Waals surface area contributed by atoms with E-state index in [1.807, 2.05) is 12.1 Å². The normalized spacial score (nSPS) is 12.0. The van der Waals surface area contributed by atoms with Gasteiger partial charge in [-0.1, -0.05) is 29.8 Å². The topological polar surface area (TPSA) is 39.1 Å². The van der Waals surface area contributed by atoms with Crippen LogP contribution in [0.1, 0.15) is 5.69 Å². The largest absolute Gasteiger partial charge is 0.268 e. The Morgan fingerprint density at radius 3 is 2.43 bits per heavy atom. The van der Waals surface area contributed by atoms with Gasteiger partial charge in [0.05, 0.1) is 15.4 Å². The Hall–Kier alpha value is -1.30. The van der Waals surface area contributed by atoms with E-state index in [0.29, 0.717) is 16.2 Å². The Kier molecular flexibility index (Phi) is 3.59. The summed E-state index contributed by atoms with van der Waals surface area (Å²) in [4.78, 5) is 0.254. The second-order valence-electron chi connectivity index (χ2n) is 4.69. The van der Waals surface area contributed by atoms with Crippen LogP contribution in [0.25, 0.3) is 10.9 Å². The van der Waals surface area contributed by atoms with Crippen molar-refractivity contribution in [3.63, 3.8) is 0 Å². The quantitative estimate of drug-likeness (QED) is 0.647. The highest BCUT2D eigenvalue weighted by Gasteiger charge is 2.21. The first-order chi connectivity index (χ1) is 9.91. The van der Waals surface area contributed by atoms with Crippen LogP contribution in [-0.4, -0.2) is 12.4 Å². The van der Waals surface area contributed by atoms with Gasteiger partial charge in [-0.05, 0) is 53.2 Å². The van der Waals surface area contributed by atoms with E-state index in [0.717, 1.165) is 9.86 Å². The van der Waals surface area contributed by atoms with E-state index < -0.39 is 10.0 Å². The number of aryl methyl sites for hydroxylation is 1. The number of fused-ring (bicyclic) bond motifs is 1. The van der Waals surface area contributed by atoms with Crippen LogP contribution >= 0.6 is 27.5 Å². The van der Waals surface area contributed by atoms with Crippen LogP contribution in [0.2, 0.25) is 5.02 Å². The summed E-state index contributed by atoms with van der Waals surface area (Å²) in [6.07, 6.45) is 0. The van der Waals surface area contributed by atoms with E-state index in [4.69, 9.17) is 11.6 Å². The molecule has 0 aliphatic carbocycles. The van der Waals surface area contributed by atoms with Gasteiger partial charge in [0.1, 0.15) is 0 Å². The summed E-state index contributed by atoms with van der Waals surface area (Å²) >= 11 is 9.46. The first kappa shape index (κ1) is 14.6. The van der Waals surface area contributed by atoms with Gasteiger partial charge in [-0.25, -0.2) is 12.4 Å². The van der Waals surface area contributed by atoms with Crippen molar-refractivity contribution < 1.29 is 8.42 Å². The second kappa shape index (κ2) is 5.16. The smallest absolute Gasteiger partial charge is 0.238 e.